The molecule has 1 aromatic rings. The third-order valence-corrected chi connectivity index (χ3v) is 1.95. The molecule has 46 valence electrons. The summed E-state index contributed by atoms with van der Waals surface area (Å²) in [7, 11) is 0. The molecule has 0 amide bonds. The monoisotopic (exact) mass is 119 g/mol. The van der Waals surface area contributed by atoms with Gasteiger partial charge in [0.2, 0.25) is 0 Å². The maximum atomic E-state index is 5.67. The van der Waals surface area contributed by atoms with E-state index in [2.05, 4.69) is 6.07 Å². The second-order valence-electron chi connectivity index (χ2n) is 2.48. The quantitative estimate of drug-likeness (QED) is 0.513. The summed E-state index contributed by atoms with van der Waals surface area (Å²) in [6.45, 7) is 0. The van der Waals surface area contributed by atoms with Crippen LogP contribution in [-0.2, 0) is 12.8 Å². The largest absolute Gasteiger partial charge is 0.398 e. The van der Waals surface area contributed by atoms with Crippen LogP contribution >= 0.6 is 0 Å². The maximum Gasteiger partial charge on any atom is 0.0349 e. The highest BCUT2D eigenvalue weighted by atomic mass is 14.6. The van der Waals surface area contributed by atoms with E-state index < -0.39 is 0 Å². The van der Waals surface area contributed by atoms with E-state index in [-0.39, 0.29) is 0 Å². The standard InChI is InChI=1S/C8H9N/c9-8-3-1-2-6-4-5-7(6)8/h1-3H,4-5,9H2. The number of nitrogen functional groups attached to an aromatic ring is 1. The van der Waals surface area contributed by atoms with E-state index in [9.17, 15) is 0 Å². The Labute approximate surface area is 54.5 Å². The van der Waals surface area contributed by atoms with Crippen molar-refractivity contribution in [1.29, 1.82) is 0 Å². The van der Waals surface area contributed by atoms with Crippen molar-refractivity contribution in [2.45, 2.75) is 12.8 Å². The van der Waals surface area contributed by atoms with E-state index in [0.29, 0.717) is 0 Å². The Balaban J connectivity index is 2.64. The van der Waals surface area contributed by atoms with Crippen molar-refractivity contribution in [3.05, 3.63) is 29.3 Å². The van der Waals surface area contributed by atoms with Gasteiger partial charge in [0.05, 0.1) is 0 Å². The Kier molecular flexibility index (Phi) is 0.810. The first-order chi connectivity index (χ1) is 4.38. The highest BCUT2D eigenvalue weighted by Gasteiger charge is 2.13. The Morgan fingerprint density at radius 1 is 1.22 bits per heavy atom. The Bertz CT molecular complexity index is 226. The molecule has 0 saturated carbocycles. The summed E-state index contributed by atoms with van der Waals surface area (Å²) in [5.41, 5.74) is 9.46. The van der Waals surface area contributed by atoms with E-state index in [4.69, 9.17) is 5.73 Å². The molecule has 0 fully saturated rings. The van der Waals surface area contributed by atoms with E-state index in [1.807, 2.05) is 12.1 Å². The van der Waals surface area contributed by atoms with E-state index in [0.717, 1.165) is 5.69 Å². The van der Waals surface area contributed by atoms with Crippen LogP contribution in [0.4, 0.5) is 5.69 Å². The zero-order valence-corrected chi connectivity index (χ0v) is 5.22. The highest BCUT2D eigenvalue weighted by Crippen LogP contribution is 2.27. The molecule has 0 radical (unpaired) electrons. The van der Waals surface area contributed by atoms with E-state index >= 15 is 0 Å². The lowest BCUT2D eigenvalue weighted by Crippen LogP contribution is -2.10. The zero-order valence-electron chi connectivity index (χ0n) is 5.22. The predicted molar refractivity (Wildman–Crippen MR) is 38.3 cm³/mol. The van der Waals surface area contributed by atoms with Gasteiger partial charge in [-0.05, 0) is 30.0 Å². The third kappa shape index (κ3) is 0.545. The Hall–Kier alpha value is -0.980. The van der Waals surface area contributed by atoms with Crippen molar-refractivity contribution < 1.29 is 0 Å². The summed E-state index contributed by atoms with van der Waals surface area (Å²) in [6.07, 6.45) is 2.41. The molecule has 0 spiro atoms. The summed E-state index contributed by atoms with van der Waals surface area (Å²) < 4.78 is 0. The fraction of sp³-hybridized carbons (Fsp3) is 0.250. The maximum absolute atomic E-state index is 5.67. The van der Waals surface area contributed by atoms with Gasteiger partial charge in [-0.1, -0.05) is 12.1 Å². The van der Waals surface area contributed by atoms with Gasteiger partial charge >= 0.3 is 0 Å². The smallest absolute Gasteiger partial charge is 0.0349 e. The molecule has 1 nitrogen and oxygen atoms in total. The topological polar surface area (TPSA) is 26.0 Å². The van der Waals surface area contributed by atoms with E-state index in [1.165, 1.54) is 24.0 Å². The van der Waals surface area contributed by atoms with Gasteiger partial charge in [-0.15, -0.1) is 0 Å². The fourth-order valence-electron chi connectivity index (χ4n) is 1.28. The lowest BCUT2D eigenvalue weighted by Gasteiger charge is -2.19. The number of anilines is 1. The summed E-state index contributed by atoms with van der Waals surface area (Å²) >= 11 is 0. The normalized spacial score (nSPS) is 14.2. The number of hydrogen-bond acceptors (Lipinski definition) is 1. The average molecular weight is 119 g/mol. The summed E-state index contributed by atoms with van der Waals surface area (Å²) in [6, 6.07) is 6.14. The molecular weight excluding hydrogens is 110 g/mol. The zero-order chi connectivity index (χ0) is 6.27. The van der Waals surface area contributed by atoms with Crippen LogP contribution in [0.1, 0.15) is 11.1 Å². The predicted octanol–water partition coefficient (Wildman–Crippen LogP) is 1.37. The number of aryl methyl sites for hydroxylation is 1. The molecule has 0 atom stereocenters. The molecule has 0 saturated heterocycles. The molecule has 0 heterocycles. The van der Waals surface area contributed by atoms with Crippen LogP contribution in [0, 0.1) is 0 Å². The van der Waals surface area contributed by atoms with Gasteiger partial charge in [-0.25, -0.2) is 0 Å². The van der Waals surface area contributed by atoms with Gasteiger partial charge in [0.1, 0.15) is 0 Å². The van der Waals surface area contributed by atoms with Crippen LogP contribution in [0.3, 0.4) is 0 Å². The van der Waals surface area contributed by atoms with Gasteiger partial charge < -0.3 is 5.73 Å². The number of hydrogen-bond donors (Lipinski definition) is 1. The van der Waals surface area contributed by atoms with Gasteiger partial charge in [0, 0.05) is 5.69 Å². The minimum atomic E-state index is 0.971. The van der Waals surface area contributed by atoms with Crippen molar-refractivity contribution in [2.24, 2.45) is 0 Å². The second kappa shape index (κ2) is 1.50. The molecule has 1 aliphatic rings. The second-order valence-corrected chi connectivity index (χ2v) is 2.48. The molecular formula is C8H9N. The summed E-state index contributed by atoms with van der Waals surface area (Å²) in [5.74, 6) is 0. The van der Waals surface area contributed by atoms with Crippen molar-refractivity contribution >= 4 is 5.69 Å². The van der Waals surface area contributed by atoms with Crippen LogP contribution in [0.2, 0.25) is 0 Å². The first-order valence-electron chi connectivity index (χ1n) is 3.24. The minimum Gasteiger partial charge on any atom is -0.398 e. The first kappa shape index (κ1) is 4.86. The SMILES string of the molecule is Nc1cccc2c1CC2. The van der Waals surface area contributed by atoms with Crippen LogP contribution in [0.5, 0.6) is 0 Å². The van der Waals surface area contributed by atoms with Crippen LogP contribution in [-0.4, -0.2) is 0 Å². The van der Waals surface area contributed by atoms with Crippen molar-refractivity contribution in [3.63, 3.8) is 0 Å². The molecule has 9 heavy (non-hydrogen) atoms. The van der Waals surface area contributed by atoms with Gasteiger partial charge in [0.15, 0.2) is 0 Å². The molecule has 0 unspecified atom stereocenters. The molecule has 0 aliphatic heterocycles. The molecule has 1 heteroatoms. The molecule has 1 aromatic carbocycles. The van der Waals surface area contributed by atoms with Gasteiger partial charge in [0.25, 0.3) is 0 Å². The number of nitrogens with two attached hydrogens (primary N) is 1. The molecule has 2 N–H and O–H groups in total. The number of benzene rings is 1. The number of rotatable bonds is 0. The van der Waals surface area contributed by atoms with Crippen LogP contribution < -0.4 is 5.73 Å². The van der Waals surface area contributed by atoms with Crippen LogP contribution in [0.15, 0.2) is 18.2 Å². The fourth-order valence-corrected chi connectivity index (χ4v) is 1.28. The Morgan fingerprint density at radius 2 is 2.11 bits per heavy atom. The molecule has 1 aliphatic carbocycles. The highest BCUT2D eigenvalue weighted by molar-refractivity contribution is 5.55. The summed E-state index contributed by atoms with van der Waals surface area (Å²) in [4.78, 5) is 0. The van der Waals surface area contributed by atoms with Crippen molar-refractivity contribution in [3.8, 4) is 0 Å². The number of fused-ring (bicyclic) bond motifs is 1. The Morgan fingerprint density at radius 3 is 2.56 bits per heavy atom. The molecule has 0 aromatic heterocycles. The first-order valence-corrected chi connectivity index (χ1v) is 3.24. The lowest BCUT2D eigenvalue weighted by atomic mass is 9.87. The summed E-state index contributed by atoms with van der Waals surface area (Å²) in [5, 5.41) is 0. The van der Waals surface area contributed by atoms with Gasteiger partial charge in [-0.3, -0.25) is 0 Å². The minimum absolute atomic E-state index is 0.971. The lowest BCUT2D eigenvalue weighted by molar-refractivity contribution is 0.844. The average Bonchev–Trinajstić information content (AvgIpc) is 1.74. The molecule has 2 rings (SSSR count). The van der Waals surface area contributed by atoms with Crippen molar-refractivity contribution in [1.82, 2.24) is 0 Å². The van der Waals surface area contributed by atoms with E-state index in [1.54, 1.807) is 0 Å². The third-order valence-electron chi connectivity index (χ3n) is 1.95. The molecule has 0 bridgehead atoms. The van der Waals surface area contributed by atoms with Gasteiger partial charge in [-0.2, -0.15) is 0 Å². The van der Waals surface area contributed by atoms with Crippen LogP contribution in [0.25, 0.3) is 0 Å². The van der Waals surface area contributed by atoms with Crippen molar-refractivity contribution in [2.75, 3.05) is 5.73 Å².